The number of likely N-dealkylation sites (tertiary alicyclic amines) is 1. The van der Waals surface area contributed by atoms with E-state index in [2.05, 4.69) is 19.0 Å². The highest BCUT2D eigenvalue weighted by Crippen LogP contribution is 2.37. The molecule has 0 radical (unpaired) electrons. The molecule has 10 unspecified atom stereocenters. The Kier molecular flexibility index (Phi) is 14.7. The zero-order chi connectivity index (χ0) is 35.8. The van der Waals surface area contributed by atoms with Crippen molar-refractivity contribution in [3.8, 4) is 0 Å². The van der Waals surface area contributed by atoms with E-state index in [-0.39, 0.29) is 36.9 Å². The molecule has 3 aliphatic rings. The summed E-state index contributed by atoms with van der Waals surface area (Å²) in [6.45, 7) is 12.5. The molecule has 3 N–H and O–H groups in total. The Labute approximate surface area is 287 Å². The van der Waals surface area contributed by atoms with Crippen LogP contribution in [0.15, 0.2) is 36.0 Å². The number of piperidine rings is 1. The van der Waals surface area contributed by atoms with Crippen molar-refractivity contribution in [3.63, 3.8) is 0 Å². The molecule has 0 spiro atoms. The number of esters is 1. The Morgan fingerprint density at radius 2 is 1.92 bits per heavy atom. The predicted molar refractivity (Wildman–Crippen MR) is 184 cm³/mol. The first kappa shape index (κ1) is 40.2. The molecule has 0 bridgehead atoms. The quantitative estimate of drug-likeness (QED) is 0.125. The molecule has 274 valence electrons. The van der Waals surface area contributed by atoms with Crippen LogP contribution in [0.5, 0.6) is 0 Å². The Balaban J connectivity index is 1.77. The largest absolute Gasteiger partial charge is 0.457 e. The molecule has 3 rings (SSSR count). The number of aliphatic hydroxyl groups excluding tert-OH is 2. The second kappa shape index (κ2) is 17.6. The predicted octanol–water partition coefficient (Wildman–Crippen LogP) is 4.39. The lowest BCUT2D eigenvalue weighted by molar-refractivity contribution is -0.151. The van der Waals surface area contributed by atoms with E-state index in [4.69, 9.17) is 18.9 Å². The summed E-state index contributed by atoms with van der Waals surface area (Å²) in [4.78, 5) is 30.2. The molecule has 0 aromatic carbocycles. The number of epoxide rings is 1. The minimum atomic E-state index is -1.14. The van der Waals surface area contributed by atoms with Gasteiger partial charge in [0.05, 0.1) is 36.4 Å². The van der Waals surface area contributed by atoms with Crippen molar-refractivity contribution in [2.24, 2.45) is 11.8 Å². The van der Waals surface area contributed by atoms with Gasteiger partial charge in [-0.2, -0.15) is 0 Å². The van der Waals surface area contributed by atoms with E-state index < -0.39 is 47.7 Å². The zero-order valence-corrected chi connectivity index (χ0v) is 30.6. The van der Waals surface area contributed by atoms with Gasteiger partial charge in [-0.3, -0.25) is 4.79 Å². The van der Waals surface area contributed by atoms with Gasteiger partial charge in [0, 0.05) is 44.5 Å². The van der Waals surface area contributed by atoms with Crippen LogP contribution in [0.2, 0.25) is 0 Å². The minimum absolute atomic E-state index is 0.00348. The molecule has 3 heterocycles. The van der Waals surface area contributed by atoms with Crippen molar-refractivity contribution in [1.82, 2.24) is 9.80 Å². The summed E-state index contributed by atoms with van der Waals surface area (Å²) in [6, 6.07) is 0.424. The van der Waals surface area contributed by atoms with Crippen LogP contribution >= 0.6 is 0 Å². The van der Waals surface area contributed by atoms with Crippen molar-refractivity contribution in [2.45, 2.75) is 140 Å². The number of aliphatic hydroxyl groups is 3. The third-order valence-corrected chi connectivity index (χ3v) is 10.5. The highest BCUT2D eigenvalue weighted by atomic mass is 16.6. The number of carbonyl (C=O) groups excluding carboxylic acids is 2. The van der Waals surface area contributed by atoms with Crippen molar-refractivity contribution in [2.75, 3.05) is 34.3 Å². The lowest BCUT2D eigenvalue weighted by Crippen LogP contribution is -2.49. The van der Waals surface area contributed by atoms with E-state index in [1.54, 1.807) is 31.1 Å². The van der Waals surface area contributed by atoms with Gasteiger partial charge in [0.15, 0.2) is 6.10 Å². The van der Waals surface area contributed by atoms with E-state index in [0.29, 0.717) is 38.4 Å². The molecular weight excluding hydrogens is 616 g/mol. The molecule has 0 aliphatic carbocycles. The van der Waals surface area contributed by atoms with Crippen LogP contribution in [-0.4, -0.2) is 125 Å². The Bertz CT molecular complexity index is 1150. The van der Waals surface area contributed by atoms with Gasteiger partial charge in [0.2, 0.25) is 0 Å². The molecule has 0 saturated carbocycles. The van der Waals surface area contributed by atoms with E-state index in [1.165, 1.54) is 0 Å². The van der Waals surface area contributed by atoms with Crippen LogP contribution in [0.25, 0.3) is 0 Å². The summed E-state index contributed by atoms with van der Waals surface area (Å²) in [5.41, 5.74) is -1.34. The Morgan fingerprint density at radius 1 is 1.25 bits per heavy atom. The fourth-order valence-corrected chi connectivity index (χ4v) is 6.76. The molecule has 0 aromatic heterocycles. The summed E-state index contributed by atoms with van der Waals surface area (Å²) in [5.74, 6) is -0.835. The lowest BCUT2D eigenvalue weighted by Gasteiger charge is -2.38. The number of ether oxygens (including phenoxy) is 4. The number of carbonyl (C=O) groups is 2. The maximum Gasteiger partial charge on any atom is 0.410 e. The fourth-order valence-electron chi connectivity index (χ4n) is 6.76. The molecule has 2 saturated heterocycles. The average Bonchev–Trinajstić information content (AvgIpc) is 3.80. The van der Waals surface area contributed by atoms with Crippen molar-refractivity contribution >= 4 is 12.1 Å². The van der Waals surface area contributed by atoms with Crippen LogP contribution in [0.4, 0.5) is 4.79 Å². The molecule has 11 heteroatoms. The highest BCUT2D eigenvalue weighted by molar-refractivity contribution is 5.70. The van der Waals surface area contributed by atoms with Gasteiger partial charge in [-0.1, -0.05) is 45.1 Å². The topological polar surface area (TPSA) is 142 Å². The number of hydrogen-bond donors (Lipinski definition) is 3. The molecular formula is C37H62N2O9. The standard InChI is InChI=1S/C37H62N2O9/c1-10-29(41)26(4)34-30(46-34)23-36(5,44)18-11-12-24(2)33-25(3)13-14-31(37(6,45-9)19-15-28(40)22-32(42)48-33)47-35(43)39-20-16-27(17-21-39)38(7)8/h11-14,18,25-31,33-34,40-41,44H,10,15-17,19-23H2,1-9H3/b14-13+,18-11+,24-12+. The van der Waals surface area contributed by atoms with Crippen LogP contribution in [0, 0.1) is 11.8 Å². The molecule has 11 nitrogen and oxygen atoms in total. The highest BCUT2D eigenvalue weighted by Gasteiger charge is 2.47. The fraction of sp³-hybridized carbons (Fsp3) is 0.784. The van der Waals surface area contributed by atoms with Crippen molar-refractivity contribution < 1.29 is 43.9 Å². The second-order valence-electron chi connectivity index (χ2n) is 14.9. The summed E-state index contributed by atoms with van der Waals surface area (Å²) in [6.07, 6.45) is 8.74. The minimum Gasteiger partial charge on any atom is -0.457 e. The monoisotopic (exact) mass is 678 g/mol. The van der Waals surface area contributed by atoms with E-state index in [0.717, 1.165) is 18.4 Å². The zero-order valence-electron chi connectivity index (χ0n) is 30.6. The van der Waals surface area contributed by atoms with Gasteiger partial charge < -0.3 is 44.1 Å². The van der Waals surface area contributed by atoms with Crippen LogP contribution in [-0.2, 0) is 23.7 Å². The third kappa shape index (κ3) is 11.4. The molecule has 2 fully saturated rings. The number of rotatable bonds is 11. The summed E-state index contributed by atoms with van der Waals surface area (Å²) in [7, 11) is 5.67. The number of allylic oxidation sites excluding steroid dienone is 2. The average molecular weight is 679 g/mol. The molecule has 3 aliphatic heterocycles. The van der Waals surface area contributed by atoms with Crippen LogP contribution < -0.4 is 0 Å². The lowest BCUT2D eigenvalue weighted by atomic mass is 9.88. The van der Waals surface area contributed by atoms with Crippen LogP contribution in [0.1, 0.15) is 86.5 Å². The molecule has 10 atom stereocenters. The summed E-state index contributed by atoms with van der Waals surface area (Å²) >= 11 is 0. The van der Waals surface area contributed by atoms with Gasteiger partial charge in [0.25, 0.3) is 0 Å². The number of amides is 1. The van der Waals surface area contributed by atoms with Gasteiger partial charge in [-0.15, -0.1) is 0 Å². The van der Waals surface area contributed by atoms with E-state index >= 15 is 0 Å². The summed E-state index contributed by atoms with van der Waals surface area (Å²) < 4.78 is 23.7. The smallest absolute Gasteiger partial charge is 0.410 e. The molecule has 1 amide bonds. The van der Waals surface area contributed by atoms with E-state index in [9.17, 15) is 24.9 Å². The first-order valence-electron chi connectivity index (χ1n) is 17.6. The maximum atomic E-state index is 13.4. The van der Waals surface area contributed by atoms with Crippen molar-refractivity contribution in [3.05, 3.63) is 36.0 Å². The van der Waals surface area contributed by atoms with Gasteiger partial charge in [-0.25, -0.2) is 4.79 Å². The number of methoxy groups -OCH3 is 1. The maximum absolute atomic E-state index is 13.4. The van der Waals surface area contributed by atoms with Gasteiger partial charge in [-0.05, 0) is 78.6 Å². The first-order valence-corrected chi connectivity index (χ1v) is 17.6. The van der Waals surface area contributed by atoms with Gasteiger partial charge >= 0.3 is 12.1 Å². The second-order valence-corrected chi connectivity index (χ2v) is 14.9. The number of nitrogens with zero attached hydrogens (tertiary/aromatic N) is 2. The number of cyclic esters (lactones) is 1. The Morgan fingerprint density at radius 3 is 2.52 bits per heavy atom. The third-order valence-electron chi connectivity index (χ3n) is 10.5. The summed E-state index contributed by atoms with van der Waals surface area (Å²) in [5, 5.41) is 31.9. The normalized spacial score (nSPS) is 34.5. The molecule has 0 aromatic rings. The Hall–Kier alpha value is -2.28. The number of hydrogen-bond acceptors (Lipinski definition) is 10. The first-order chi connectivity index (χ1) is 22.5. The van der Waals surface area contributed by atoms with Gasteiger partial charge in [0.1, 0.15) is 11.7 Å². The van der Waals surface area contributed by atoms with E-state index in [1.807, 2.05) is 52.8 Å². The van der Waals surface area contributed by atoms with Crippen LogP contribution in [0.3, 0.4) is 0 Å². The SMILES string of the molecule is CCC(O)C(C)C1OC1CC(C)(O)/C=C/C=C(\C)C1OC(=O)CC(O)CCC(C)(OC)C(OC(=O)N2CCC(N(C)C)CC2)/C=C/C1C. The molecule has 48 heavy (non-hydrogen) atoms. The van der Waals surface area contributed by atoms with Crippen molar-refractivity contribution in [1.29, 1.82) is 0 Å².